The maximum atomic E-state index is 12.2. The second-order valence-electron chi connectivity index (χ2n) is 5.59. The molecule has 0 atom stereocenters. The Bertz CT molecular complexity index is 1050. The normalized spacial score (nSPS) is 14.7. The van der Waals surface area contributed by atoms with Crippen molar-refractivity contribution in [2.24, 2.45) is 4.99 Å². The molecule has 0 aromatic heterocycles. The predicted octanol–water partition coefficient (Wildman–Crippen LogP) is 4.88. The Hall–Kier alpha value is -2.10. The van der Waals surface area contributed by atoms with Crippen LogP contribution in [0.4, 0.5) is 0 Å². The van der Waals surface area contributed by atoms with Gasteiger partial charge in [-0.3, -0.25) is 4.79 Å². The van der Waals surface area contributed by atoms with E-state index in [2.05, 4.69) is 4.99 Å². The van der Waals surface area contributed by atoms with Crippen LogP contribution in [0.15, 0.2) is 41.0 Å². The van der Waals surface area contributed by atoms with Crippen LogP contribution in [0.25, 0.3) is 6.08 Å². The number of esters is 2. The van der Waals surface area contributed by atoms with Gasteiger partial charge in [0.25, 0.3) is 0 Å². The number of benzene rings is 2. The van der Waals surface area contributed by atoms with E-state index in [1.807, 2.05) is 22.6 Å². The molecule has 0 amide bonds. The van der Waals surface area contributed by atoms with Gasteiger partial charge >= 0.3 is 11.9 Å². The van der Waals surface area contributed by atoms with E-state index < -0.39 is 11.9 Å². The Kier molecular flexibility index (Phi) is 6.26. The molecule has 144 valence electrons. The summed E-state index contributed by atoms with van der Waals surface area (Å²) in [7, 11) is 1.46. The number of aliphatic imine (C=N–C) groups is 1. The Labute approximate surface area is 184 Å². The molecule has 0 fully saturated rings. The minimum atomic E-state index is -0.612. The number of carbonyl (C=O) groups excluding carboxylic acids is 2. The van der Waals surface area contributed by atoms with Crippen molar-refractivity contribution in [2.75, 3.05) is 7.11 Å². The number of hydrogen-bond donors (Lipinski definition) is 0. The topological polar surface area (TPSA) is 74.2 Å². The molecule has 2 aromatic rings. The van der Waals surface area contributed by atoms with E-state index >= 15 is 0 Å². The molecule has 6 nitrogen and oxygen atoms in total. The summed E-state index contributed by atoms with van der Waals surface area (Å²) >= 11 is 14.1. The molecule has 0 spiro atoms. The van der Waals surface area contributed by atoms with E-state index in [-0.39, 0.29) is 11.6 Å². The molecule has 2 aromatic carbocycles. The van der Waals surface area contributed by atoms with Crippen LogP contribution in [0.2, 0.25) is 10.0 Å². The molecule has 0 N–H and O–H groups in total. The lowest BCUT2D eigenvalue weighted by Crippen LogP contribution is -2.06. The van der Waals surface area contributed by atoms with Gasteiger partial charge in [-0.25, -0.2) is 9.79 Å². The van der Waals surface area contributed by atoms with Crippen LogP contribution < -0.4 is 9.47 Å². The van der Waals surface area contributed by atoms with Gasteiger partial charge in [-0.1, -0.05) is 23.2 Å². The fourth-order valence-corrected chi connectivity index (χ4v) is 3.64. The second-order valence-corrected chi connectivity index (χ2v) is 7.59. The lowest BCUT2D eigenvalue weighted by atomic mass is 10.1. The van der Waals surface area contributed by atoms with Crippen molar-refractivity contribution in [3.05, 3.63) is 60.8 Å². The largest absolute Gasteiger partial charge is 0.493 e. The highest BCUT2D eigenvalue weighted by Crippen LogP contribution is 2.35. The molecule has 0 saturated heterocycles. The van der Waals surface area contributed by atoms with Crippen molar-refractivity contribution >= 4 is 69.7 Å². The summed E-state index contributed by atoms with van der Waals surface area (Å²) in [6.45, 7) is 1.30. The molecular weight excluding hydrogens is 520 g/mol. The SMILES string of the molecule is COc1cc(/C=C2\N=C(c3ccc(Cl)cc3Cl)OC2=O)cc(I)c1OC(C)=O. The molecule has 0 saturated carbocycles. The number of cyclic esters (lactones) is 1. The standard InChI is InChI=1S/C19H12Cl2INO5/c1-9(24)27-17-14(22)5-10(7-16(17)26-2)6-15-19(25)28-18(23-15)12-4-3-11(20)8-13(12)21/h3-8H,1-2H3/b15-6-. The quantitative estimate of drug-likeness (QED) is 0.243. The zero-order valence-corrected chi connectivity index (χ0v) is 18.3. The fourth-order valence-electron chi connectivity index (χ4n) is 2.41. The highest BCUT2D eigenvalue weighted by atomic mass is 127. The fraction of sp³-hybridized carbons (Fsp3) is 0.105. The first-order valence-corrected chi connectivity index (χ1v) is 9.66. The number of nitrogens with zero attached hydrogens (tertiary/aromatic N) is 1. The van der Waals surface area contributed by atoms with Crippen molar-refractivity contribution in [3.8, 4) is 11.5 Å². The Balaban J connectivity index is 1.99. The van der Waals surface area contributed by atoms with Crippen molar-refractivity contribution < 1.29 is 23.8 Å². The Morgan fingerprint density at radius 3 is 2.64 bits per heavy atom. The number of rotatable bonds is 4. The molecule has 1 aliphatic heterocycles. The summed E-state index contributed by atoms with van der Waals surface area (Å²) in [5.41, 5.74) is 1.18. The van der Waals surface area contributed by atoms with Gasteiger partial charge in [0.15, 0.2) is 17.2 Å². The lowest BCUT2D eigenvalue weighted by molar-refractivity contribution is -0.132. The van der Waals surface area contributed by atoms with Crippen LogP contribution in [0.1, 0.15) is 18.1 Å². The first-order valence-electron chi connectivity index (χ1n) is 7.82. The van der Waals surface area contributed by atoms with E-state index in [9.17, 15) is 9.59 Å². The van der Waals surface area contributed by atoms with E-state index in [1.165, 1.54) is 20.1 Å². The second kappa shape index (κ2) is 8.50. The number of methoxy groups -OCH3 is 1. The van der Waals surface area contributed by atoms with Crippen LogP contribution in [0, 0.1) is 3.57 Å². The summed E-state index contributed by atoms with van der Waals surface area (Å²) in [6.07, 6.45) is 1.54. The third-order valence-corrected chi connectivity index (χ3v) is 4.93. The lowest BCUT2D eigenvalue weighted by Gasteiger charge is -2.11. The Morgan fingerprint density at radius 2 is 2.00 bits per heavy atom. The summed E-state index contributed by atoms with van der Waals surface area (Å²) in [6, 6.07) is 8.15. The third kappa shape index (κ3) is 4.48. The van der Waals surface area contributed by atoms with Crippen LogP contribution in [0.3, 0.4) is 0 Å². The van der Waals surface area contributed by atoms with E-state index in [4.69, 9.17) is 37.4 Å². The first-order chi connectivity index (χ1) is 13.3. The monoisotopic (exact) mass is 531 g/mol. The van der Waals surface area contributed by atoms with E-state index in [1.54, 1.807) is 30.3 Å². The van der Waals surface area contributed by atoms with Gasteiger partial charge in [0.05, 0.1) is 21.3 Å². The van der Waals surface area contributed by atoms with E-state index in [0.29, 0.717) is 36.2 Å². The predicted molar refractivity (Wildman–Crippen MR) is 114 cm³/mol. The maximum absolute atomic E-state index is 12.2. The molecular formula is C19H12Cl2INO5. The molecule has 0 radical (unpaired) electrons. The molecule has 0 aliphatic carbocycles. The van der Waals surface area contributed by atoms with Crippen LogP contribution in [-0.4, -0.2) is 24.9 Å². The minimum Gasteiger partial charge on any atom is -0.493 e. The van der Waals surface area contributed by atoms with E-state index in [0.717, 1.165) is 0 Å². The molecule has 0 bridgehead atoms. The molecule has 28 heavy (non-hydrogen) atoms. The Morgan fingerprint density at radius 1 is 1.25 bits per heavy atom. The summed E-state index contributed by atoms with van der Waals surface area (Å²) in [5.74, 6) is -0.319. The summed E-state index contributed by atoms with van der Waals surface area (Å²) in [5, 5.41) is 0.784. The molecule has 1 aliphatic rings. The van der Waals surface area contributed by atoms with Gasteiger partial charge in [0, 0.05) is 11.9 Å². The maximum Gasteiger partial charge on any atom is 0.363 e. The zero-order chi connectivity index (χ0) is 20.4. The van der Waals surface area contributed by atoms with Gasteiger partial charge in [0.2, 0.25) is 5.90 Å². The van der Waals surface area contributed by atoms with Gasteiger partial charge in [-0.2, -0.15) is 0 Å². The molecule has 1 heterocycles. The zero-order valence-electron chi connectivity index (χ0n) is 14.6. The number of halogens is 3. The molecule has 0 unspecified atom stereocenters. The van der Waals surface area contributed by atoms with Gasteiger partial charge in [-0.15, -0.1) is 0 Å². The number of hydrogen-bond acceptors (Lipinski definition) is 6. The minimum absolute atomic E-state index is 0.0936. The van der Waals surface area contributed by atoms with Crippen LogP contribution in [-0.2, 0) is 14.3 Å². The van der Waals surface area contributed by atoms with Gasteiger partial charge < -0.3 is 14.2 Å². The highest BCUT2D eigenvalue weighted by molar-refractivity contribution is 14.1. The van der Waals surface area contributed by atoms with Crippen molar-refractivity contribution in [3.63, 3.8) is 0 Å². The highest BCUT2D eigenvalue weighted by Gasteiger charge is 2.26. The van der Waals surface area contributed by atoms with Crippen molar-refractivity contribution in [1.29, 1.82) is 0 Å². The summed E-state index contributed by atoms with van der Waals surface area (Å²) < 4.78 is 16.3. The third-order valence-electron chi connectivity index (χ3n) is 3.58. The van der Waals surface area contributed by atoms with Gasteiger partial charge in [-0.05, 0) is 64.6 Å². The average Bonchev–Trinajstić information content (AvgIpc) is 2.97. The number of ether oxygens (including phenoxy) is 3. The number of carbonyl (C=O) groups is 2. The van der Waals surface area contributed by atoms with Crippen molar-refractivity contribution in [2.45, 2.75) is 6.92 Å². The smallest absolute Gasteiger partial charge is 0.363 e. The van der Waals surface area contributed by atoms with Gasteiger partial charge in [0.1, 0.15) is 0 Å². The summed E-state index contributed by atoms with van der Waals surface area (Å²) in [4.78, 5) is 27.7. The van der Waals surface area contributed by atoms with Crippen LogP contribution >= 0.6 is 45.8 Å². The van der Waals surface area contributed by atoms with Crippen LogP contribution in [0.5, 0.6) is 11.5 Å². The van der Waals surface area contributed by atoms with Crippen molar-refractivity contribution in [1.82, 2.24) is 0 Å². The molecule has 3 rings (SSSR count). The average molecular weight is 532 g/mol. The molecule has 9 heteroatoms. The first kappa shape index (κ1) is 20.6.